The van der Waals surface area contributed by atoms with Crippen LogP contribution in [0.2, 0.25) is 0 Å². The van der Waals surface area contributed by atoms with Crippen molar-refractivity contribution in [3.05, 3.63) is 58.1 Å². The summed E-state index contributed by atoms with van der Waals surface area (Å²) in [4.78, 5) is 16.1. The lowest BCUT2D eigenvalue weighted by Crippen LogP contribution is -2.38. The van der Waals surface area contributed by atoms with Crippen molar-refractivity contribution < 1.29 is 9.00 Å². The Kier molecular flexibility index (Phi) is 5.13. The monoisotopic (exact) mass is 472 g/mol. The van der Waals surface area contributed by atoms with Crippen molar-refractivity contribution in [3.8, 4) is 0 Å². The number of benzene rings is 2. The standard InChI is InChI=1S/C23H25BrN2O2S/c24-17-7-10-21-20(14-17)23(11-2-1-3-12-23)15-26(21)22(27)16-5-4-6-19(13-16)29(28)25-18-8-9-18/h4-7,10,13-14,18,25H,1-3,8-9,11-12,15H2. The number of nitrogens with one attached hydrogen (secondary N) is 1. The molecule has 2 fully saturated rings. The van der Waals surface area contributed by atoms with Crippen LogP contribution in [0, 0.1) is 0 Å². The van der Waals surface area contributed by atoms with Crippen molar-refractivity contribution in [1.29, 1.82) is 0 Å². The van der Waals surface area contributed by atoms with Gasteiger partial charge in [0.2, 0.25) is 0 Å². The fourth-order valence-electron chi connectivity index (χ4n) is 4.80. The quantitative estimate of drug-likeness (QED) is 0.673. The van der Waals surface area contributed by atoms with E-state index in [2.05, 4.69) is 32.8 Å². The molecule has 0 aromatic heterocycles. The number of amides is 1. The first kappa shape index (κ1) is 19.5. The summed E-state index contributed by atoms with van der Waals surface area (Å²) < 4.78 is 16.7. The molecule has 1 aliphatic heterocycles. The summed E-state index contributed by atoms with van der Waals surface area (Å²) in [5.74, 6) is 0.00120. The maximum Gasteiger partial charge on any atom is 0.258 e. The van der Waals surface area contributed by atoms with Crippen LogP contribution in [-0.4, -0.2) is 22.7 Å². The Morgan fingerprint density at radius 3 is 2.66 bits per heavy atom. The van der Waals surface area contributed by atoms with E-state index in [1.54, 1.807) is 6.07 Å². The number of carbonyl (C=O) groups is 1. The first-order valence-electron chi connectivity index (χ1n) is 10.5. The van der Waals surface area contributed by atoms with E-state index >= 15 is 0 Å². The van der Waals surface area contributed by atoms with E-state index < -0.39 is 11.0 Å². The molecule has 0 bridgehead atoms. The highest BCUT2D eigenvalue weighted by molar-refractivity contribution is 9.10. The van der Waals surface area contributed by atoms with Crippen molar-refractivity contribution in [2.24, 2.45) is 0 Å². The molecule has 1 spiro atoms. The lowest BCUT2D eigenvalue weighted by atomic mass is 9.71. The van der Waals surface area contributed by atoms with Gasteiger partial charge in [-0.25, -0.2) is 8.93 Å². The SMILES string of the molecule is O=C(c1cccc(S(=O)NC2CC2)c1)N1CC2(CCCCC2)c2cc(Br)ccc21. The highest BCUT2D eigenvalue weighted by Crippen LogP contribution is 2.50. The van der Waals surface area contributed by atoms with Gasteiger partial charge >= 0.3 is 0 Å². The number of rotatable bonds is 4. The number of hydrogen-bond donors (Lipinski definition) is 1. The molecule has 5 rings (SSSR count). The minimum atomic E-state index is -1.27. The van der Waals surface area contributed by atoms with Gasteiger partial charge in [0, 0.05) is 33.7 Å². The van der Waals surface area contributed by atoms with E-state index in [0.717, 1.165) is 42.4 Å². The fourth-order valence-corrected chi connectivity index (χ4v) is 6.27. The zero-order chi connectivity index (χ0) is 20.0. The molecule has 6 heteroatoms. The van der Waals surface area contributed by atoms with E-state index in [-0.39, 0.29) is 11.3 Å². The second kappa shape index (κ2) is 7.64. The lowest BCUT2D eigenvalue weighted by molar-refractivity contribution is 0.0982. The third kappa shape index (κ3) is 3.71. The topological polar surface area (TPSA) is 49.4 Å². The third-order valence-corrected chi connectivity index (χ3v) is 8.21. The highest BCUT2D eigenvalue weighted by Gasteiger charge is 2.45. The molecule has 29 heavy (non-hydrogen) atoms. The number of carbonyl (C=O) groups excluding carboxylic acids is 1. The zero-order valence-electron chi connectivity index (χ0n) is 16.3. The van der Waals surface area contributed by atoms with Gasteiger partial charge in [0.15, 0.2) is 0 Å². The number of hydrogen-bond acceptors (Lipinski definition) is 2. The Labute approximate surface area is 182 Å². The van der Waals surface area contributed by atoms with E-state index in [1.165, 1.54) is 24.8 Å². The molecular formula is C23H25BrN2O2S. The summed E-state index contributed by atoms with van der Waals surface area (Å²) in [6, 6.07) is 13.9. The Balaban J connectivity index is 1.46. The van der Waals surface area contributed by atoms with Gasteiger partial charge in [-0.3, -0.25) is 4.79 Å². The Morgan fingerprint density at radius 2 is 1.90 bits per heavy atom. The van der Waals surface area contributed by atoms with Crippen molar-refractivity contribution in [2.45, 2.75) is 61.3 Å². The summed E-state index contributed by atoms with van der Waals surface area (Å²) in [7, 11) is -1.27. The molecule has 1 atom stereocenters. The summed E-state index contributed by atoms with van der Waals surface area (Å²) in [6.45, 7) is 0.741. The second-order valence-corrected chi connectivity index (χ2v) is 10.7. The minimum Gasteiger partial charge on any atom is -0.307 e. The maximum absolute atomic E-state index is 13.5. The lowest BCUT2D eigenvalue weighted by Gasteiger charge is -2.34. The predicted molar refractivity (Wildman–Crippen MR) is 120 cm³/mol. The summed E-state index contributed by atoms with van der Waals surface area (Å²) in [5, 5.41) is 0. The van der Waals surface area contributed by atoms with Gasteiger partial charge in [-0.15, -0.1) is 0 Å². The largest absolute Gasteiger partial charge is 0.307 e. The summed E-state index contributed by atoms with van der Waals surface area (Å²) in [5.41, 5.74) is 3.01. The average Bonchev–Trinajstić information content (AvgIpc) is 3.51. The molecule has 3 aliphatic rings. The maximum atomic E-state index is 13.5. The molecule has 1 heterocycles. The van der Waals surface area contributed by atoms with Crippen LogP contribution in [0.1, 0.15) is 60.9 Å². The molecule has 152 valence electrons. The average molecular weight is 473 g/mol. The number of nitrogens with zero attached hydrogens (tertiary/aromatic N) is 1. The van der Waals surface area contributed by atoms with Crippen LogP contribution in [0.15, 0.2) is 51.8 Å². The minimum absolute atomic E-state index is 0.00120. The van der Waals surface area contributed by atoms with E-state index in [1.807, 2.05) is 29.2 Å². The van der Waals surface area contributed by atoms with Crippen LogP contribution in [0.4, 0.5) is 5.69 Å². The Morgan fingerprint density at radius 1 is 1.10 bits per heavy atom. The normalized spacial score (nSPS) is 21.2. The molecule has 2 aliphatic carbocycles. The number of anilines is 1. The van der Waals surface area contributed by atoms with Crippen LogP contribution in [0.5, 0.6) is 0 Å². The smallest absolute Gasteiger partial charge is 0.258 e. The second-order valence-electron chi connectivity index (χ2n) is 8.58. The van der Waals surface area contributed by atoms with Gasteiger partial charge in [-0.2, -0.15) is 0 Å². The Hall–Kier alpha value is -1.50. The van der Waals surface area contributed by atoms with Crippen LogP contribution < -0.4 is 9.62 Å². The zero-order valence-corrected chi connectivity index (χ0v) is 18.7. The van der Waals surface area contributed by atoms with E-state index in [0.29, 0.717) is 16.5 Å². The molecule has 2 aromatic rings. The molecule has 0 saturated heterocycles. The van der Waals surface area contributed by atoms with Crippen molar-refractivity contribution in [1.82, 2.24) is 4.72 Å². The van der Waals surface area contributed by atoms with Crippen LogP contribution >= 0.6 is 15.9 Å². The van der Waals surface area contributed by atoms with Gasteiger partial charge in [0.1, 0.15) is 11.0 Å². The van der Waals surface area contributed by atoms with Crippen LogP contribution in [0.3, 0.4) is 0 Å². The van der Waals surface area contributed by atoms with Gasteiger partial charge < -0.3 is 4.90 Å². The predicted octanol–water partition coefficient (Wildman–Crippen LogP) is 5.09. The first-order chi connectivity index (χ1) is 14.1. The molecule has 4 nitrogen and oxygen atoms in total. The van der Waals surface area contributed by atoms with Gasteiger partial charge in [-0.05, 0) is 67.6 Å². The van der Waals surface area contributed by atoms with Gasteiger partial charge in [-0.1, -0.05) is 41.3 Å². The van der Waals surface area contributed by atoms with Crippen molar-refractivity contribution >= 4 is 38.5 Å². The van der Waals surface area contributed by atoms with Crippen LogP contribution in [0.25, 0.3) is 0 Å². The van der Waals surface area contributed by atoms with Gasteiger partial charge in [0.05, 0.1) is 4.90 Å². The van der Waals surface area contributed by atoms with E-state index in [9.17, 15) is 9.00 Å². The molecule has 2 aromatic carbocycles. The fraction of sp³-hybridized carbons (Fsp3) is 0.435. The molecule has 1 unspecified atom stereocenters. The molecule has 0 radical (unpaired) electrons. The summed E-state index contributed by atoms with van der Waals surface area (Å²) >= 11 is 3.62. The Bertz CT molecular complexity index is 983. The third-order valence-electron chi connectivity index (χ3n) is 6.48. The highest BCUT2D eigenvalue weighted by atomic mass is 79.9. The number of halogens is 1. The molecule has 1 N–H and O–H groups in total. The molecule has 1 amide bonds. The summed E-state index contributed by atoms with van der Waals surface area (Å²) in [6.07, 6.45) is 8.13. The molecular weight excluding hydrogens is 448 g/mol. The molecule has 2 saturated carbocycles. The van der Waals surface area contributed by atoms with Crippen molar-refractivity contribution in [2.75, 3.05) is 11.4 Å². The first-order valence-corrected chi connectivity index (χ1v) is 12.4. The van der Waals surface area contributed by atoms with Crippen LogP contribution in [-0.2, 0) is 16.4 Å². The van der Waals surface area contributed by atoms with Gasteiger partial charge in [0.25, 0.3) is 5.91 Å². The van der Waals surface area contributed by atoms with E-state index in [4.69, 9.17) is 0 Å². The number of fused-ring (bicyclic) bond motifs is 2. The van der Waals surface area contributed by atoms with Crippen molar-refractivity contribution in [3.63, 3.8) is 0 Å².